The Kier molecular flexibility index (Phi) is 4.65. The predicted octanol–water partition coefficient (Wildman–Crippen LogP) is 2.48. The Morgan fingerprint density at radius 3 is 2.88 bits per heavy atom. The van der Waals surface area contributed by atoms with E-state index in [0.717, 1.165) is 11.3 Å². The van der Waals surface area contributed by atoms with E-state index in [-0.39, 0.29) is 19.3 Å². The van der Waals surface area contributed by atoms with E-state index < -0.39 is 11.9 Å². The van der Waals surface area contributed by atoms with Crippen molar-refractivity contribution in [1.29, 1.82) is 0 Å². The minimum atomic E-state index is -0.565. The molecule has 1 aliphatic rings. The molecule has 0 radical (unpaired) electrons. The molecular weight excluding hydrogens is 310 g/mol. The van der Waals surface area contributed by atoms with Crippen LogP contribution in [0.1, 0.15) is 24.3 Å². The first kappa shape index (κ1) is 15.9. The van der Waals surface area contributed by atoms with Crippen LogP contribution in [-0.2, 0) is 14.3 Å². The summed E-state index contributed by atoms with van der Waals surface area (Å²) in [5.74, 6) is 0.393. The molecule has 1 aromatic carbocycles. The number of fused-ring (bicyclic) bond motifs is 1. The zero-order chi connectivity index (χ0) is 16.9. The summed E-state index contributed by atoms with van der Waals surface area (Å²) >= 11 is 0. The lowest BCUT2D eigenvalue weighted by Crippen LogP contribution is -2.31. The van der Waals surface area contributed by atoms with Gasteiger partial charge in [-0.15, -0.1) is 0 Å². The van der Waals surface area contributed by atoms with Gasteiger partial charge in [-0.25, -0.2) is 4.79 Å². The molecule has 2 aromatic rings. The molecule has 3 rings (SSSR count). The summed E-state index contributed by atoms with van der Waals surface area (Å²) in [6.07, 6.45) is 3.25. The van der Waals surface area contributed by atoms with E-state index in [1.807, 2.05) is 24.3 Å². The molecule has 6 nitrogen and oxygen atoms in total. The molecule has 0 bridgehead atoms. The van der Waals surface area contributed by atoms with Crippen molar-refractivity contribution < 1.29 is 23.5 Å². The monoisotopic (exact) mass is 327 g/mol. The number of rotatable bonds is 5. The highest BCUT2D eigenvalue weighted by Gasteiger charge is 2.20. The molecule has 2 heterocycles. The first-order valence-electron chi connectivity index (χ1n) is 7.56. The number of carbonyl (C=O) groups is 2. The van der Waals surface area contributed by atoms with Crippen LogP contribution in [-0.4, -0.2) is 25.1 Å². The molecule has 1 aromatic heterocycles. The Hall–Kier alpha value is -3.02. The van der Waals surface area contributed by atoms with E-state index in [2.05, 4.69) is 5.32 Å². The quantitative estimate of drug-likeness (QED) is 0.854. The maximum atomic E-state index is 12.1. The van der Waals surface area contributed by atoms with E-state index in [0.29, 0.717) is 11.3 Å². The molecule has 0 unspecified atom stereocenters. The van der Waals surface area contributed by atoms with Crippen LogP contribution in [0.2, 0.25) is 0 Å². The first-order chi connectivity index (χ1) is 11.6. The second-order valence-electron chi connectivity index (χ2n) is 5.38. The SMILES string of the molecule is C[C@@H](NC(=O)COC(=O)C1=Cc2ccccc2OC1)c1ccco1. The third kappa shape index (κ3) is 3.65. The van der Waals surface area contributed by atoms with E-state index >= 15 is 0 Å². The summed E-state index contributed by atoms with van der Waals surface area (Å²) in [4.78, 5) is 23.9. The Morgan fingerprint density at radius 2 is 2.08 bits per heavy atom. The van der Waals surface area contributed by atoms with Crippen LogP contribution < -0.4 is 10.1 Å². The molecule has 0 aliphatic carbocycles. The molecule has 0 spiro atoms. The van der Waals surface area contributed by atoms with Crippen LogP contribution in [0.15, 0.2) is 52.7 Å². The van der Waals surface area contributed by atoms with Crippen LogP contribution in [0.4, 0.5) is 0 Å². The highest BCUT2D eigenvalue weighted by molar-refractivity contribution is 5.96. The highest BCUT2D eigenvalue weighted by Crippen LogP contribution is 2.26. The van der Waals surface area contributed by atoms with E-state index in [4.69, 9.17) is 13.9 Å². The average molecular weight is 327 g/mol. The van der Waals surface area contributed by atoms with Gasteiger partial charge in [0.15, 0.2) is 6.61 Å². The van der Waals surface area contributed by atoms with Gasteiger partial charge >= 0.3 is 5.97 Å². The summed E-state index contributed by atoms with van der Waals surface area (Å²) in [5.41, 5.74) is 1.19. The lowest BCUT2D eigenvalue weighted by Gasteiger charge is -2.17. The second-order valence-corrected chi connectivity index (χ2v) is 5.38. The minimum Gasteiger partial charge on any atom is -0.488 e. The summed E-state index contributed by atoms with van der Waals surface area (Å²) in [7, 11) is 0. The van der Waals surface area contributed by atoms with Gasteiger partial charge in [0.1, 0.15) is 18.1 Å². The maximum absolute atomic E-state index is 12.1. The Bertz CT molecular complexity index is 763. The Morgan fingerprint density at radius 1 is 1.25 bits per heavy atom. The van der Waals surface area contributed by atoms with Crippen molar-refractivity contribution in [2.24, 2.45) is 0 Å². The minimum absolute atomic E-state index is 0.125. The van der Waals surface area contributed by atoms with E-state index in [9.17, 15) is 9.59 Å². The molecule has 0 saturated heterocycles. The second kappa shape index (κ2) is 7.04. The van der Waals surface area contributed by atoms with Gasteiger partial charge in [-0.05, 0) is 31.2 Å². The van der Waals surface area contributed by atoms with Crippen LogP contribution >= 0.6 is 0 Å². The molecule has 124 valence electrons. The van der Waals surface area contributed by atoms with Gasteiger partial charge in [0.25, 0.3) is 5.91 Å². The summed E-state index contributed by atoms with van der Waals surface area (Å²) < 4.78 is 15.7. The van der Waals surface area contributed by atoms with E-state index in [1.165, 1.54) is 6.26 Å². The standard InChI is InChI=1S/C18H17NO5/c1-12(15-7-4-8-22-15)19-17(20)11-24-18(21)14-9-13-5-2-3-6-16(13)23-10-14/h2-9,12H,10-11H2,1H3,(H,19,20)/t12-/m1/s1. The molecule has 1 atom stereocenters. The van der Waals surface area contributed by atoms with Crippen LogP contribution in [0.3, 0.4) is 0 Å². The zero-order valence-corrected chi connectivity index (χ0v) is 13.2. The largest absolute Gasteiger partial charge is 0.488 e. The van der Waals surface area contributed by atoms with Crippen molar-refractivity contribution in [3.05, 3.63) is 59.6 Å². The van der Waals surface area contributed by atoms with Crippen molar-refractivity contribution in [1.82, 2.24) is 5.32 Å². The van der Waals surface area contributed by atoms with Gasteiger partial charge in [0, 0.05) is 5.56 Å². The third-order valence-electron chi connectivity index (χ3n) is 3.58. The Balaban J connectivity index is 1.52. The highest BCUT2D eigenvalue weighted by atomic mass is 16.5. The van der Waals surface area contributed by atoms with Gasteiger partial charge in [-0.2, -0.15) is 0 Å². The molecule has 0 fully saturated rings. The number of ether oxygens (including phenoxy) is 2. The van der Waals surface area contributed by atoms with Crippen LogP contribution in [0, 0.1) is 0 Å². The lowest BCUT2D eigenvalue weighted by molar-refractivity contribution is -0.145. The van der Waals surface area contributed by atoms with Crippen molar-refractivity contribution in [2.45, 2.75) is 13.0 Å². The fourth-order valence-corrected chi connectivity index (χ4v) is 2.35. The summed E-state index contributed by atoms with van der Waals surface area (Å²) in [6, 6.07) is 10.6. The number of carbonyl (C=O) groups excluding carboxylic acids is 2. The van der Waals surface area contributed by atoms with Crippen molar-refractivity contribution in [3.8, 4) is 5.75 Å². The van der Waals surface area contributed by atoms with Gasteiger partial charge < -0.3 is 19.2 Å². The summed E-state index contributed by atoms with van der Waals surface area (Å²) in [5, 5.41) is 2.70. The predicted molar refractivity (Wildman–Crippen MR) is 86.1 cm³/mol. The third-order valence-corrected chi connectivity index (χ3v) is 3.58. The number of nitrogens with one attached hydrogen (secondary N) is 1. The number of amides is 1. The van der Waals surface area contributed by atoms with Gasteiger partial charge in [0.05, 0.1) is 17.9 Å². The number of hydrogen-bond acceptors (Lipinski definition) is 5. The molecule has 0 saturated carbocycles. The molecule has 1 aliphatic heterocycles. The first-order valence-corrected chi connectivity index (χ1v) is 7.56. The van der Waals surface area contributed by atoms with Crippen molar-refractivity contribution in [2.75, 3.05) is 13.2 Å². The fourth-order valence-electron chi connectivity index (χ4n) is 2.35. The topological polar surface area (TPSA) is 77.8 Å². The van der Waals surface area contributed by atoms with Gasteiger partial charge in [-0.3, -0.25) is 4.79 Å². The molecule has 1 N–H and O–H groups in total. The fraction of sp³-hybridized carbons (Fsp3) is 0.222. The number of para-hydroxylation sites is 1. The molecule has 24 heavy (non-hydrogen) atoms. The number of hydrogen-bond donors (Lipinski definition) is 1. The average Bonchev–Trinajstić information content (AvgIpc) is 3.14. The summed E-state index contributed by atoms with van der Waals surface area (Å²) in [6.45, 7) is 1.55. The van der Waals surface area contributed by atoms with Gasteiger partial charge in [-0.1, -0.05) is 18.2 Å². The smallest absolute Gasteiger partial charge is 0.338 e. The number of benzene rings is 1. The van der Waals surface area contributed by atoms with E-state index in [1.54, 1.807) is 25.1 Å². The molecule has 6 heteroatoms. The maximum Gasteiger partial charge on any atom is 0.338 e. The normalized spacial score (nSPS) is 14.0. The lowest BCUT2D eigenvalue weighted by atomic mass is 10.1. The van der Waals surface area contributed by atoms with Gasteiger partial charge in [0.2, 0.25) is 0 Å². The van der Waals surface area contributed by atoms with Crippen LogP contribution in [0.25, 0.3) is 6.08 Å². The van der Waals surface area contributed by atoms with Crippen LogP contribution in [0.5, 0.6) is 5.75 Å². The zero-order valence-electron chi connectivity index (χ0n) is 13.2. The number of esters is 1. The van der Waals surface area contributed by atoms with Crippen molar-refractivity contribution in [3.63, 3.8) is 0 Å². The molecule has 1 amide bonds. The molecular formula is C18H17NO5. The van der Waals surface area contributed by atoms with Crippen molar-refractivity contribution >= 4 is 18.0 Å². The number of furan rings is 1. The Labute approximate surface area is 139 Å².